The molecule has 2 rings (SSSR count). The second-order valence-electron chi connectivity index (χ2n) is 4.38. The van der Waals surface area contributed by atoms with E-state index in [1.165, 1.54) is 14.7 Å². The Balaban J connectivity index is 2.46. The Morgan fingerprint density at radius 2 is 1.72 bits per heavy atom. The van der Waals surface area contributed by atoms with Crippen LogP contribution in [0.1, 0.15) is 27.6 Å². The highest BCUT2D eigenvalue weighted by molar-refractivity contribution is 14.1. The van der Waals surface area contributed by atoms with E-state index in [1.54, 1.807) is 0 Å². The summed E-state index contributed by atoms with van der Waals surface area (Å²) in [6.45, 7) is 4.13. The van der Waals surface area contributed by atoms with Gasteiger partial charge < -0.3 is 0 Å². The van der Waals surface area contributed by atoms with E-state index < -0.39 is 0 Å². The highest BCUT2D eigenvalue weighted by Gasteiger charge is 2.15. The lowest BCUT2D eigenvalue weighted by Gasteiger charge is -2.14. The number of rotatable bonds is 2. The molecular formula is C15H13Cl2I. The van der Waals surface area contributed by atoms with Crippen LogP contribution in [0.25, 0.3) is 0 Å². The van der Waals surface area contributed by atoms with Crippen LogP contribution in [0.4, 0.5) is 0 Å². The summed E-state index contributed by atoms with van der Waals surface area (Å²) in [5, 5.41) is 0.531. The van der Waals surface area contributed by atoms with Gasteiger partial charge in [-0.15, -0.1) is 11.6 Å². The predicted octanol–water partition coefficient (Wildman–Crippen LogP) is 5.89. The van der Waals surface area contributed by atoms with Crippen molar-refractivity contribution in [3.05, 3.63) is 67.2 Å². The third-order valence-corrected chi connectivity index (χ3v) is 4.51. The molecular weight excluding hydrogens is 378 g/mol. The standard InChI is InChI=1S/C15H13Cl2I/c1-9-6-13(14(16)7-10(9)2)15(17)11-4-3-5-12(18)8-11/h3-8,15H,1-2H3. The molecule has 0 nitrogen and oxygen atoms in total. The van der Waals surface area contributed by atoms with E-state index in [-0.39, 0.29) is 5.38 Å². The molecule has 0 fully saturated rings. The summed E-state index contributed by atoms with van der Waals surface area (Å²) in [6, 6.07) is 12.2. The second kappa shape index (κ2) is 5.81. The van der Waals surface area contributed by atoms with Crippen molar-refractivity contribution in [1.82, 2.24) is 0 Å². The molecule has 0 aliphatic rings. The average molecular weight is 391 g/mol. The fraction of sp³-hybridized carbons (Fsp3) is 0.200. The summed E-state index contributed by atoms with van der Waals surface area (Å²) in [4.78, 5) is 0. The molecule has 0 bridgehead atoms. The molecule has 0 saturated heterocycles. The van der Waals surface area contributed by atoms with Crippen LogP contribution in [-0.2, 0) is 0 Å². The van der Waals surface area contributed by atoms with Crippen LogP contribution >= 0.6 is 45.8 Å². The van der Waals surface area contributed by atoms with E-state index in [0.717, 1.165) is 16.1 Å². The van der Waals surface area contributed by atoms with Crippen LogP contribution in [0.2, 0.25) is 5.02 Å². The Kier molecular flexibility index (Phi) is 4.57. The van der Waals surface area contributed by atoms with Crippen LogP contribution in [0.3, 0.4) is 0 Å². The minimum absolute atomic E-state index is 0.202. The molecule has 0 N–H and O–H groups in total. The van der Waals surface area contributed by atoms with E-state index in [2.05, 4.69) is 54.6 Å². The first-order valence-electron chi connectivity index (χ1n) is 5.65. The van der Waals surface area contributed by atoms with Crippen LogP contribution in [0.15, 0.2) is 36.4 Å². The lowest BCUT2D eigenvalue weighted by atomic mass is 10.00. The molecule has 3 heteroatoms. The van der Waals surface area contributed by atoms with Gasteiger partial charge in [0, 0.05) is 8.59 Å². The normalized spacial score (nSPS) is 12.5. The van der Waals surface area contributed by atoms with Gasteiger partial charge in [0.25, 0.3) is 0 Å². The first-order chi connectivity index (χ1) is 8.49. The van der Waals surface area contributed by atoms with Crippen LogP contribution < -0.4 is 0 Å². The molecule has 1 unspecified atom stereocenters. The molecule has 94 valence electrons. The Morgan fingerprint density at radius 3 is 2.39 bits per heavy atom. The molecule has 0 radical (unpaired) electrons. The molecule has 0 saturated carbocycles. The van der Waals surface area contributed by atoms with Crippen molar-refractivity contribution >= 4 is 45.8 Å². The molecule has 0 aliphatic carbocycles. The quantitative estimate of drug-likeness (QED) is 0.443. The summed E-state index contributed by atoms with van der Waals surface area (Å²) in [5.74, 6) is 0. The van der Waals surface area contributed by atoms with E-state index in [1.807, 2.05) is 18.2 Å². The third kappa shape index (κ3) is 3.01. The zero-order valence-electron chi connectivity index (χ0n) is 10.2. The first kappa shape index (κ1) is 14.2. The molecule has 0 aliphatic heterocycles. The van der Waals surface area contributed by atoms with Gasteiger partial charge in [0.05, 0.1) is 5.38 Å². The maximum atomic E-state index is 6.55. The average Bonchev–Trinajstić information content (AvgIpc) is 2.33. The minimum atomic E-state index is -0.202. The molecule has 0 spiro atoms. The van der Waals surface area contributed by atoms with Gasteiger partial charge in [0.15, 0.2) is 0 Å². The highest BCUT2D eigenvalue weighted by atomic mass is 127. The van der Waals surface area contributed by atoms with Gasteiger partial charge in [0.1, 0.15) is 0 Å². The highest BCUT2D eigenvalue weighted by Crippen LogP contribution is 2.35. The van der Waals surface area contributed by atoms with E-state index in [4.69, 9.17) is 23.2 Å². The summed E-state index contributed by atoms with van der Waals surface area (Å²) in [6.07, 6.45) is 0. The van der Waals surface area contributed by atoms with Crippen molar-refractivity contribution in [3.8, 4) is 0 Å². The Bertz CT molecular complexity index is 579. The van der Waals surface area contributed by atoms with Crippen molar-refractivity contribution in [2.45, 2.75) is 19.2 Å². The Labute approximate surface area is 131 Å². The van der Waals surface area contributed by atoms with Crippen LogP contribution in [0.5, 0.6) is 0 Å². The number of aryl methyl sites for hydroxylation is 2. The molecule has 0 amide bonds. The molecule has 2 aromatic rings. The zero-order chi connectivity index (χ0) is 13.3. The zero-order valence-corrected chi connectivity index (χ0v) is 13.8. The monoisotopic (exact) mass is 390 g/mol. The van der Waals surface area contributed by atoms with E-state index in [0.29, 0.717) is 0 Å². The lowest BCUT2D eigenvalue weighted by Crippen LogP contribution is -1.97. The van der Waals surface area contributed by atoms with Crippen molar-refractivity contribution in [3.63, 3.8) is 0 Å². The van der Waals surface area contributed by atoms with E-state index in [9.17, 15) is 0 Å². The molecule has 18 heavy (non-hydrogen) atoms. The maximum absolute atomic E-state index is 6.55. The smallest absolute Gasteiger partial charge is 0.0850 e. The SMILES string of the molecule is Cc1cc(Cl)c(C(Cl)c2cccc(I)c2)cc1C. The number of halogens is 3. The number of alkyl halides is 1. The van der Waals surface area contributed by atoms with Crippen LogP contribution in [-0.4, -0.2) is 0 Å². The van der Waals surface area contributed by atoms with Crippen molar-refractivity contribution in [2.24, 2.45) is 0 Å². The number of benzene rings is 2. The number of hydrogen-bond acceptors (Lipinski definition) is 0. The van der Waals surface area contributed by atoms with Crippen molar-refractivity contribution in [2.75, 3.05) is 0 Å². The topological polar surface area (TPSA) is 0 Å². The van der Waals surface area contributed by atoms with Gasteiger partial charge in [0.2, 0.25) is 0 Å². The lowest BCUT2D eigenvalue weighted by molar-refractivity contribution is 1.12. The van der Waals surface area contributed by atoms with Crippen LogP contribution in [0, 0.1) is 17.4 Å². The molecule has 2 aromatic carbocycles. The van der Waals surface area contributed by atoms with Gasteiger partial charge in [-0.25, -0.2) is 0 Å². The van der Waals surface area contributed by atoms with Gasteiger partial charge in [-0.1, -0.05) is 29.8 Å². The van der Waals surface area contributed by atoms with Crippen molar-refractivity contribution in [1.29, 1.82) is 0 Å². The predicted molar refractivity (Wildman–Crippen MR) is 87.8 cm³/mol. The largest absolute Gasteiger partial charge is 0.113 e. The maximum Gasteiger partial charge on any atom is 0.0850 e. The summed E-state index contributed by atoms with van der Waals surface area (Å²) in [7, 11) is 0. The van der Waals surface area contributed by atoms with Gasteiger partial charge in [-0.3, -0.25) is 0 Å². The minimum Gasteiger partial charge on any atom is -0.113 e. The molecule has 0 aromatic heterocycles. The van der Waals surface area contributed by atoms with Gasteiger partial charge in [-0.05, 0) is 76.9 Å². The summed E-state index contributed by atoms with van der Waals surface area (Å²) < 4.78 is 1.18. The fourth-order valence-electron chi connectivity index (χ4n) is 1.84. The molecule has 0 heterocycles. The van der Waals surface area contributed by atoms with Crippen molar-refractivity contribution < 1.29 is 0 Å². The fourth-order valence-corrected chi connectivity index (χ4v) is 3.11. The first-order valence-corrected chi connectivity index (χ1v) is 7.54. The van der Waals surface area contributed by atoms with E-state index >= 15 is 0 Å². The summed E-state index contributed by atoms with van der Waals surface area (Å²) >= 11 is 15.1. The Morgan fingerprint density at radius 1 is 1.06 bits per heavy atom. The third-order valence-electron chi connectivity index (χ3n) is 3.03. The Hall–Kier alpha value is -0.250. The summed E-state index contributed by atoms with van der Waals surface area (Å²) in [5.41, 5.74) is 4.46. The number of hydrogen-bond donors (Lipinski definition) is 0. The van der Waals surface area contributed by atoms with Gasteiger partial charge >= 0.3 is 0 Å². The molecule has 1 atom stereocenters. The van der Waals surface area contributed by atoms with Gasteiger partial charge in [-0.2, -0.15) is 0 Å². The second-order valence-corrected chi connectivity index (χ2v) is 6.46.